The summed E-state index contributed by atoms with van der Waals surface area (Å²) in [7, 11) is 1.12. The summed E-state index contributed by atoms with van der Waals surface area (Å²) in [5.74, 6) is -2.13. The number of carbonyl (C=O) groups is 4. The van der Waals surface area contributed by atoms with Crippen LogP contribution in [0.4, 0.5) is 4.79 Å². The summed E-state index contributed by atoms with van der Waals surface area (Å²) < 4.78 is 9.72. The van der Waals surface area contributed by atoms with Gasteiger partial charge >= 0.3 is 12.1 Å². The molecule has 0 aliphatic carbocycles. The van der Waals surface area contributed by atoms with Crippen LogP contribution >= 0.6 is 0 Å². The third-order valence-electron chi connectivity index (χ3n) is 4.03. The largest absolute Gasteiger partial charge is 0.467 e. The molecule has 1 aromatic carbocycles. The molecule has 0 saturated carbocycles. The number of methoxy groups -OCH3 is 1. The van der Waals surface area contributed by atoms with E-state index >= 15 is 0 Å². The highest BCUT2D eigenvalue weighted by Gasteiger charge is 2.28. The molecule has 0 fully saturated rings. The summed E-state index contributed by atoms with van der Waals surface area (Å²) in [5.41, 5.74) is 0.0416. The number of carbonyl (C=O) groups excluding carboxylic acids is 4. The Bertz CT molecular complexity index is 762. The number of nitrogens with one attached hydrogen (secondary N) is 3. The summed E-state index contributed by atoms with van der Waals surface area (Å²) in [6, 6.07) is 5.71. The highest BCUT2D eigenvalue weighted by molar-refractivity contribution is 5.93. The van der Waals surface area contributed by atoms with Crippen LogP contribution in [0.3, 0.4) is 0 Å². The molecule has 0 heterocycles. The van der Waals surface area contributed by atoms with E-state index in [0.29, 0.717) is 0 Å². The minimum absolute atomic E-state index is 0.168. The molecule has 0 spiro atoms. The molecule has 10 heteroatoms. The molecule has 0 aromatic heterocycles. The molecule has 0 bridgehead atoms. The van der Waals surface area contributed by atoms with E-state index in [4.69, 9.17) is 4.74 Å². The molecule has 0 unspecified atom stereocenters. The van der Waals surface area contributed by atoms with Gasteiger partial charge in [-0.3, -0.25) is 9.59 Å². The van der Waals surface area contributed by atoms with E-state index in [1.165, 1.54) is 6.92 Å². The third kappa shape index (κ3) is 9.47. The zero-order valence-electron chi connectivity index (χ0n) is 18.4. The molecule has 3 atom stereocenters. The first-order chi connectivity index (χ1) is 14.5. The van der Waals surface area contributed by atoms with Crippen LogP contribution in [0.2, 0.25) is 0 Å². The molecule has 172 valence electrons. The number of benzene rings is 1. The van der Waals surface area contributed by atoms with Gasteiger partial charge in [0.15, 0.2) is 6.04 Å². The summed E-state index contributed by atoms with van der Waals surface area (Å²) in [6.45, 7) is 5.85. The summed E-state index contributed by atoms with van der Waals surface area (Å²) in [5, 5.41) is 16.5. The normalized spacial score (nSPS) is 13.9. The lowest BCUT2D eigenvalue weighted by molar-refractivity contribution is -0.146. The van der Waals surface area contributed by atoms with E-state index < -0.39 is 54.2 Å². The Morgan fingerprint density at radius 3 is 2.10 bits per heavy atom. The minimum atomic E-state index is -1.25. The maximum Gasteiger partial charge on any atom is 0.408 e. The average Bonchev–Trinajstić information content (AvgIpc) is 2.69. The van der Waals surface area contributed by atoms with Crippen molar-refractivity contribution in [2.24, 2.45) is 0 Å². The van der Waals surface area contributed by atoms with Gasteiger partial charge in [0.05, 0.1) is 13.7 Å². The van der Waals surface area contributed by atoms with E-state index in [0.717, 1.165) is 12.7 Å². The second-order valence-corrected chi connectivity index (χ2v) is 7.89. The smallest absolute Gasteiger partial charge is 0.408 e. The lowest BCUT2D eigenvalue weighted by Crippen LogP contribution is -2.56. The molecule has 4 N–H and O–H groups in total. The number of aliphatic hydroxyl groups excluding tert-OH is 1. The fourth-order valence-electron chi connectivity index (χ4n) is 2.51. The number of ether oxygens (including phenoxy) is 2. The fraction of sp³-hybridized carbons (Fsp3) is 0.524. The quantitative estimate of drug-likeness (QED) is 0.406. The van der Waals surface area contributed by atoms with Gasteiger partial charge in [-0.1, -0.05) is 30.3 Å². The Kier molecular flexibility index (Phi) is 9.94. The van der Waals surface area contributed by atoms with E-state index in [1.807, 2.05) is 6.07 Å². The number of alkyl carbamates (subject to hydrolysis) is 1. The standard InChI is InChI=1S/C21H31N3O7/c1-13(17(26)23-16(12-25)19(28)30-5)22-18(27)15(11-14-9-7-6-8-10-14)24-20(29)31-21(2,3)4/h6-10,13,15-16,25H,11-12H2,1-5H3,(H,22,27)(H,23,26)(H,24,29)/t13-,15+,16-/m0/s1. The van der Waals surface area contributed by atoms with Crippen LogP contribution in [0.15, 0.2) is 30.3 Å². The van der Waals surface area contributed by atoms with Crippen molar-refractivity contribution in [3.05, 3.63) is 35.9 Å². The predicted molar refractivity (Wildman–Crippen MR) is 112 cm³/mol. The molecule has 0 saturated heterocycles. The number of rotatable bonds is 9. The van der Waals surface area contributed by atoms with Crippen LogP contribution in [0.1, 0.15) is 33.3 Å². The maximum absolute atomic E-state index is 12.8. The molecule has 10 nitrogen and oxygen atoms in total. The van der Waals surface area contributed by atoms with Crippen molar-refractivity contribution in [2.45, 2.75) is 57.8 Å². The van der Waals surface area contributed by atoms with Gasteiger partial charge in [-0.15, -0.1) is 0 Å². The average molecular weight is 437 g/mol. The summed E-state index contributed by atoms with van der Waals surface area (Å²) in [4.78, 5) is 48.8. The van der Waals surface area contributed by atoms with E-state index in [2.05, 4.69) is 20.7 Å². The molecule has 3 amide bonds. The Morgan fingerprint density at radius 1 is 0.968 bits per heavy atom. The molecule has 0 aliphatic heterocycles. The van der Waals surface area contributed by atoms with Gasteiger partial charge in [0.1, 0.15) is 17.7 Å². The maximum atomic E-state index is 12.8. The summed E-state index contributed by atoms with van der Waals surface area (Å²) in [6.07, 6.45) is -0.603. The molecule has 0 radical (unpaired) electrons. The first kappa shape index (κ1) is 25.9. The van der Waals surface area contributed by atoms with Gasteiger partial charge in [-0.05, 0) is 33.3 Å². The van der Waals surface area contributed by atoms with Gasteiger partial charge < -0.3 is 30.5 Å². The second-order valence-electron chi connectivity index (χ2n) is 7.89. The molecule has 1 rings (SSSR count). The highest BCUT2D eigenvalue weighted by Crippen LogP contribution is 2.09. The van der Waals surface area contributed by atoms with Crippen molar-refractivity contribution < 1.29 is 33.8 Å². The van der Waals surface area contributed by atoms with Crippen LogP contribution in [0.5, 0.6) is 0 Å². The molecular weight excluding hydrogens is 406 g/mol. The van der Waals surface area contributed by atoms with Crippen molar-refractivity contribution in [3.8, 4) is 0 Å². The van der Waals surface area contributed by atoms with Crippen molar-refractivity contribution in [2.75, 3.05) is 13.7 Å². The van der Waals surface area contributed by atoms with Crippen molar-refractivity contribution in [3.63, 3.8) is 0 Å². The number of esters is 1. The number of aliphatic hydroxyl groups is 1. The first-order valence-electron chi connectivity index (χ1n) is 9.79. The Labute approximate surface area is 181 Å². The minimum Gasteiger partial charge on any atom is -0.467 e. The van der Waals surface area contributed by atoms with Gasteiger partial charge in [0, 0.05) is 6.42 Å². The van der Waals surface area contributed by atoms with Crippen LogP contribution in [-0.4, -0.2) is 66.4 Å². The van der Waals surface area contributed by atoms with Crippen LogP contribution in [-0.2, 0) is 30.3 Å². The monoisotopic (exact) mass is 437 g/mol. The van der Waals surface area contributed by atoms with Crippen molar-refractivity contribution in [1.82, 2.24) is 16.0 Å². The van der Waals surface area contributed by atoms with Crippen LogP contribution in [0.25, 0.3) is 0 Å². The summed E-state index contributed by atoms with van der Waals surface area (Å²) >= 11 is 0. The second kappa shape index (κ2) is 11.9. The van der Waals surface area contributed by atoms with Crippen LogP contribution < -0.4 is 16.0 Å². The molecule has 1 aromatic rings. The van der Waals surface area contributed by atoms with Gasteiger partial charge in [-0.25, -0.2) is 9.59 Å². The first-order valence-corrected chi connectivity index (χ1v) is 9.79. The lowest BCUT2D eigenvalue weighted by atomic mass is 10.0. The van der Waals surface area contributed by atoms with Crippen molar-refractivity contribution >= 4 is 23.9 Å². The van der Waals surface area contributed by atoms with Gasteiger partial charge in [0.2, 0.25) is 11.8 Å². The number of amides is 3. The van der Waals surface area contributed by atoms with Crippen LogP contribution in [0, 0.1) is 0 Å². The highest BCUT2D eigenvalue weighted by atomic mass is 16.6. The Morgan fingerprint density at radius 2 is 1.58 bits per heavy atom. The molecular formula is C21H31N3O7. The molecule has 31 heavy (non-hydrogen) atoms. The van der Waals surface area contributed by atoms with Gasteiger partial charge in [-0.2, -0.15) is 0 Å². The van der Waals surface area contributed by atoms with Crippen molar-refractivity contribution in [1.29, 1.82) is 0 Å². The lowest BCUT2D eigenvalue weighted by Gasteiger charge is -2.25. The van der Waals surface area contributed by atoms with E-state index in [1.54, 1.807) is 45.0 Å². The third-order valence-corrected chi connectivity index (χ3v) is 4.03. The van der Waals surface area contributed by atoms with E-state index in [9.17, 15) is 24.3 Å². The zero-order valence-corrected chi connectivity index (χ0v) is 18.4. The Balaban J connectivity index is 2.86. The number of hydrogen-bond acceptors (Lipinski definition) is 7. The van der Waals surface area contributed by atoms with Gasteiger partial charge in [0.25, 0.3) is 0 Å². The topological polar surface area (TPSA) is 143 Å². The number of hydrogen-bond donors (Lipinski definition) is 4. The Hall–Kier alpha value is -3.14. The van der Waals surface area contributed by atoms with E-state index in [-0.39, 0.29) is 6.42 Å². The fourth-order valence-corrected chi connectivity index (χ4v) is 2.51. The predicted octanol–water partition coefficient (Wildman–Crippen LogP) is 0.277. The SMILES string of the molecule is COC(=O)[C@H](CO)NC(=O)[C@H](C)NC(=O)[C@@H](Cc1ccccc1)NC(=O)OC(C)(C)C. The zero-order chi connectivity index (χ0) is 23.6. The molecule has 0 aliphatic rings.